The molecule has 0 spiro atoms. The average molecular weight is 231 g/mol. The summed E-state index contributed by atoms with van der Waals surface area (Å²) in [5.41, 5.74) is 0.842. The molecule has 88 valence electrons. The molecule has 0 aromatic carbocycles. The summed E-state index contributed by atoms with van der Waals surface area (Å²) >= 11 is 0. The number of methoxy groups -OCH3 is 1. The molecular formula is C12H13N3O2. The van der Waals surface area contributed by atoms with Gasteiger partial charge in [-0.25, -0.2) is 0 Å². The van der Waals surface area contributed by atoms with E-state index in [1.54, 1.807) is 18.5 Å². The number of H-pyrrole nitrogens is 1. The molecule has 2 rings (SSSR count). The summed E-state index contributed by atoms with van der Waals surface area (Å²) < 4.78 is 5.02. The molecule has 2 aromatic heterocycles. The molecule has 0 saturated carbocycles. The maximum Gasteiger partial charge on any atom is 0.253 e. The summed E-state index contributed by atoms with van der Waals surface area (Å²) in [7, 11) is 1.53. The van der Waals surface area contributed by atoms with Crippen molar-refractivity contribution in [2.24, 2.45) is 0 Å². The van der Waals surface area contributed by atoms with Gasteiger partial charge in [-0.3, -0.25) is 9.78 Å². The molecule has 5 heteroatoms. The van der Waals surface area contributed by atoms with Gasteiger partial charge < -0.3 is 15.0 Å². The maximum atomic E-state index is 11.3. The van der Waals surface area contributed by atoms with Gasteiger partial charge in [-0.15, -0.1) is 0 Å². The van der Waals surface area contributed by atoms with Gasteiger partial charge in [0.1, 0.15) is 11.6 Å². The molecule has 0 radical (unpaired) electrons. The number of aromatic amines is 1. The van der Waals surface area contributed by atoms with Crippen molar-refractivity contribution in [2.45, 2.75) is 6.54 Å². The van der Waals surface area contributed by atoms with Crippen LogP contribution in [0.1, 0.15) is 5.56 Å². The van der Waals surface area contributed by atoms with Crippen molar-refractivity contribution in [3.8, 4) is 5.75 Å². The summed E-state index contributed by atoms with van der Waals surface area (Å²) in [6.07, 6.45) is 3.49. The highest BCUT2D eigenvalue weighted by molar-refractivity contribution is 5.41. The third kappa shape index (κ3) is 3.07. The first-order chi connectivity index (χ1) is 8.28. The highest BCUT2D eigenvalue weighted by Gasteiger charge is 1.99. The van der Waals surface area contributed by atoms with Crippen LogP contribution in [0.2, 0.25) is 0 Å². The third-order valence-electron chi connectivity index (χ3n) is 2.26. The number of pyridine rings is 2. The topological polar surface area (TPSA) is 67.0 Å². The Kier molecular flexibility index (Phi) is 3.40. The molecule has 2 aromatic rings. The number of nitrogens with zero attached hydrogens (tertiary/aromatic N) is 1. The molecule has 0 atom stereocenters. The zero-order valence-electron chi connectivity index (χ0n) is 9.43. The number of hydrogen-bond donors (Lipinski definition) is 2. The first-order valence-corrected chi connectivity index (χ1v) is 5.19. The van der Waals surface area contributed by atoms with Crippen molar-refractivity contribution in [1.29, 1.82) is 0 Å². The van der Waals surface area contributed by atoms with E-state index < -0.39 is 0 Å². The molecule has 0 saturated heterocycles. The summed E-state index contributed by atoms with van der Waals surface area (Å²) in [6.45, 7) is 0.594. The van der Waals surface area contributed by atoms with Crippen molar-refractivity contribution in [3.63, 3.8) is 0 Å². The number of hydrogen-bond acceptors (Lipinski definition) is 4. The lowest BCUT2D eigenvalue weighted by Gasteiger charge is -2.07. The fourth-order valence-electron chi connectivity index (χ4n) is 1.43. The van der Waals surface area contributed by atoms with Crippen molar-refractivity contribution in [3.05, 3.63) is 52.6 Å². The smallest absolute Gasteiger partial charge is 0.253 e. The Hall–Kier alpha value is -2.30. The summed E-state index contributed by atoms with van der Waals surface area (Å²) in [5, 5.41) is 3.10. The first kappa shape index (κ1) is 11.2. The Balaban J connectivity index is 2.09. The van der Waals surface area contributed by atoms with Gasteiger partial charge in [-0.1, -0.05) is 6.07 Å². The normalized spacial score (nSPS) is 9.94. The van der Waals surface area contributed by atoms with Gasteiger partial charge in [-0.05, 0) is 11.6 Å². The zero-order chi connectivity index (χ0) is 12.1. The van der Waals surface area contributed by atoms with Gasteiger partial charge in [0.25, 0.3) is 5.56 Å². The van der Waals surface area contributed by atoms with E-state index in [1.165, 1.54) is 13.2 Å². The van der Waals surface area contributed by atoms with E-state index in [4.69, 9.17) is 4.74 Å². The number of rotatable bonds is 4. The zero-order valence-corrected chi connectivity index (χ0v) is 9.43. The Morgan fingerprint density at radius 2 is 2.35 bits per heavy atom. The van der Waals surface area contributed by atoms with Gasteiger partial charge in [0.05, 0.1) is 7.11 Å². The van der Waals surface area contributed by atoms with Crippen LogP contribution in [0.5, 0.6) is 5.75 Å². The quantitative estimate of drug-likeness (QED) is 0.834. The van der Waals surface area contributed by atoms with Gasteiger partial charge >= 0.3 is 0 Å². The number of aromatic nitrogens is 2. The van der Waals surface area contributed by atoms with E-state index in [0.717, 1.165) is 5.56 Å². The van der Waals surface area contributed by atoms with Gasteiger partial charge in [0.2, 0.25) is 0 Å². The first-order valence-electron chi connectivity index (χ1n) is 5.19. The molecule has 17 heavy (non-hydrogen) atoms. The van der Waals surface area contributed by atoms with E-state index in [9.17, 15) is 4.79 Å². The summed E-state index contributed by atoms with van der Waals surface area (Å²) in [5.74, 6) is 1.15. The van der Waals surface area contributed by atoms with Crippen LogP contribution in [0.25, 0.3) is 0 Å². The Labute approximate surface area is 98.5 Å². The van der Waals surface area contributed by atoms with E-state index in [-0.39, 0.29) is 5.56 Å². The minimum Gasteiger partial charge on any atom is -0.496 e. The second-order valence-electron chi connectivity index (χ2n) is 3.51. The number of anilines is 1. The minimum atomic E-state index is -0.196. The highest BCUT2D eigenvalue weighted by Crippen LogP contribution is 2.11. The van der Waals surface area contributed by atoms with Crippen LogP contribution in [-0.4, -0.2) is 17.1 Å². The lowest BCUT2D eigenvalue weighted by molar-refractivity contribution is 0.414. The van der Waals surface area contributed by atoms with Gasteiger partial charge in [-0.2, -0.15) is 0 Å². The third-order valence-corrected chi connectivity index (χ3v) is 2.26. The Morgan fingerprint density at radius 1 is 1.47 bits per heavy atom. The van der Waals surface area contributed by atoms with Crippen LogP contribution in [-0.2, 0) is 6.54 Å². The van der Waals surface area contributed by atoms with Crippen molar-refractivity contribution in [2.75, 3.05) is 12.4 Å². The molecule has 0 fully saturated rings. The van der Waals surface area contributed by atoms with Crippen LogP contribution in [0.3, 0.4) is 0 Å². The molecule has 0 aliphatic carbocycles. The summed E-state index contributed by atoms with van der Waals surface area (Å²) in [4.78, 5) is 18.0. The fourth-order valence-corrected chi connectivity index (χ4v) is 1.43. The SMILES string of the molecule is COc1cc(NCc2cccnc2)[nH]c(=O)c1. The molecule has 2 heterocycles. The molecule has 0 bridgehead atoms. The fraction of sp³-hybridized carbons (Fsp3) is 0.167. The molecule has 5 nitrogen and oxygen atoms in total. The lowest BCUT2D eigenvalue weighted by Crippen LogP contribution is -2.10. The van der Waals surface area contributed by atoms with Crippen LogP contribution >= 0.6 is 0 Å². The molecule has 2 N–H and O–H groups in total. The minimum absolute atomic E-state index is 0.196. The molecule has 0 aliphatic heterocycles. The predicted octanol–water partition coefficient (Wildman–Crippen LogP) is 1.39. The average Bonchev–Trinajstić information content (AvgIpc) is 2.37. The monoisotopic (exact) mass is 231 g/mol. The second-order valence-corrected chi connectivity index (χ2v) is 3.51. The lowest BCUT2D eigenvalue weighted by atomic mass is 10.3. The molecule has 0 amide bonds. The van der Waals surface area contributed by atoms with Crippen molar-refractivity contribution in [1.82, 2.24) is 9.97 Å². The van der Waals surface area contributed by atoms with Crippen LogP contribution in [0.15, 0.2) is 41.5 Å². The van der Waals surface area contributed by atoms with Crippen LogP contribution in [0, 0.1) is 0 Å². The molecule has 0 unspecified atom stereocenters. The Morgan fingerprint density at radius 3 is 3.06 bits per heavy atom. The van der Waals surface area contributed by atoms with Gasteiger partial charge in [0.15, 0.2) is 0 Å². The Bertz CT molecular complexity index is 537. The highest BCUT2D eigenvalue weighted by atomic mass is 16.5. The van der Waals surface area contributed by atoms with E-state index in [1.807, 2.05) is 12.1 Å². The van der Waals surface area contributed by atoms with E-state index in [2.05, 4.69) is 15.3 Å². The van der Waals surface area contributed by atoms with Crippen molar-refractivity contribution < 1.29 is 4.74 Å². The van der Waals surface area contributed by atoms with Crippen LogP contribution < -0.4 is 15.6 Å². The van der Waals surface area contributed by atoms with E-state index in [0.29, 0.717) is 18.1 Å². The largest absolute Gasteiger partial charge is 0.496 e. The van der Waals surface area contributed by atoms with E-state index >= 15 is 0 Å². The second kappa shape index (κ2) is 5.16. The number of nitrogens with one attached hydrogen (secondary N) is 2. The maximum absolute atomic E-state index is 11.3. The van der Waals surface area contributed by atoms with Crippen LogP contribution in [0.4, 0.5) is 5.82 Å². The molecular weight excluding hydrogens is 218 g/mol. The summed E-state index contributed by atoms with van der Waals surface area (Å²) in [6, 6.07) is 6.95. The van der Waals surface area contributed by atoms with Crippen molar-refractivity contribution >= 4 is 5.82 Å². The van der Waals surface area contributed by atoms with Gasteiger partial charge in [0, 0.05) is 31.1 Å². The number of ether oxygens (including phenoxy) is 1. The predicted molar refractivity (Wildman–Crippen MR) is 65.2 cm³/mol. The molecule has 0 aliphatic rings. The standard InChI is InChI=1S/C12H13N3O2/c1-17-10-5-11(15-12(16)6-10)14-8-9-3-2-4-13-7-9/h2-7H,8H2,1H3,(H2,14,15,16).